The molecule has 0 saturated carbocycles. The summed E-state index contributed by atoms with van der Waals surface area (Å²) in [6.07, 6.45) is 1.56. The van der Waals surface area contributed by atoms with E-state index in [2.05, 4.69) is 0 Å². The third-order valence-electron chi connectivity index (χ3n) is 1.88. The standard InChI is InChI=1S/C6H7NO2S/c8-3-4-2-7-5(9)1-6(7)10-4/h3-4,6H,1-2H2/t4?,6-/m1/s1. The SMILES string of the molecule is O=CC1CN2C(=O)C[C@H]2S1. The predicted octanol–water partition coefficient (Wildman–Crippen LogP) is -0.141. The molecule has 2 rings (SSSR count). The number of nitrogens with zero attached hydrogens (tertiary/aromatic N) is 1. The van der Waals surface area contributed by atoms with E-state index in [0.29, 0.717) is 18.3 Å². The minimum atomic E-state index is 0.0384. The zero-order valence-corrected chi connectivity index (χ0v) is 6.13. The van der Waals surface area contributed by atoms with Gasteiger partial charge in [0.2, 0.25) is 5.91 Å². The number of β-lactam (4-membered cyclic amide) rings is 1. The fraction of sp³-hybridized carbons (Fsp3) is 0.667. The molecule has 2 saturated heterocycles. The van der Waals surface area contributed by atoms with E-state index in [0.717, 1.165) is 6.29 Å². The van der Waals surface area contributed by atoms with E-state index in [9.17, 15) is 9.59 Å². The number of carbonyl (C=O) groups is 2. The van der Waals surface area contributed by atoms with Crippen LogP contribution in [0.1, 0.15) is 6.42 Å². The fourth-order valence-corrected chi connectivity index (χ4v) is 2.58. The zero-order valence-electron chi connectivity index (χ0n) is 5.32. The highest BCUT2D eigenvalue weighted by molar-refractivity contribution is 8.01. The molecular weight excluding hydrogens is 150 g/mol. The number of carbonyl (C=O) groups excluding carboxylic acids is 2. The average molecular weight is 157 g/mol. The normalized spacial score (nSPS) is 37.2. The molecule has 0 aromatic carbocycles. The number of aldehydes is 1. The number of fused-ring (bicyclic) bond motifs is 1. The van der Waals surface area contributed by atoms with Gasteiger partial charge in [-0.05, 0) is 0 Å². The monoisotopic (exact) mass is 157 g/mol. The van der Waals surface area contributed by atoms with Gasteiger partial charge in [0, 0.05) is 6.54 Å². The first-order chi connectivity index (χ1) is 4.81. The van der Waals surface area contributed by atoms with Gasteiger partial charge in [0.25, 0.3) is 0 Å². The van der Waals surface area contributed by atoms with Crippen molar-refractivity contribution in [2.75, 3.05) is 6.54 Å². The summed E-state index contributed by atoms with van der Waals surface area (Å²) in [7, 11) is 0. The van der Waals surface area contributed by atoms with Crippen LogP contribution in [-0.4, -0.2) is 34.3 Å². The molecule has 2 heterocycles. The Balaban J connectivity index is 2.05. The highest BCUT2D eigenvalue weighted by Crippen LogP contribution is 2.38. The Hall–Kier alpha value is -0.510. The highest BCUT2D eigenvalue weighted by Gasteiger charge is 2.44. The molecule has 0 aromatic heterocycles. The van der Waals surface area contributed by atoms with Crippen LogP contribution >= 0.6 is 11.8 Å². The lowest BCUT2D eigenvalue weighted by Crippen LogP contribution is -2.47. The van der Waals surface area contributed by atoms with Gasteiger partial charge in [0.05, 0.1) is 17.0 Å². The topological polar surface area (TPSA) is 37.4 Å². The Morgan fingerprint density at radius 2 is 2.50 bits per heavy atom. The predicted molar refractivity (Wildman–Crippen MR) is 37.6 cm³/mol. The maximum absolute atomic E-state index is 10.8. The van der Waals surface area contributed by atoms with Crippen LogP contribution in [0.4, 0.5) is 0 Å². The van der Waals surface area contributed by atoms with E-state index >= 15 is 0 Å². The van der Waals surface area contributed by atoms with E-state index in [1.54, 1.807) is 16.7 Å². The molecule has 0 radical (unpaired) electrons. The van der Waals surface area contributed by atoms with E-state index in [1.165, 1.54) is 0 Å². The van der Waals surface area contributed by atoms with Crippen LogP contribution < -0.4 is 0 Å². The average Bonchev–Trinajstić information content (AvgIpc) is 2.26. The van der Waals surface area contributed by atoms with Crippen molar-refractivity contribution in [3.63, 3.8) is 0 Å². The van der Waals surface area contributed by atoms with Crippen LogP contribution in [0.3, 0.4) is 0 Å². The van der Waals surface area contributed by atoms with Crippen LogP contribution in [0.5, 0.6) is 0 Å². The molecule has 0 aromatic rings. The number of rotatable bonds is 1. The smallest absolute Gasteiger partial charge is 0.226 e. The number of hydrogen-bond donors (Lipinski definition) is 0. The van der Waals surface area contributed by atoms with Gasteiger partial charge in [-0.1, -0.05) is 0 Å². The van der Waals surface area contributed by atoms with Crippen molar-refractivity contribution in [1.82, 2.24) is 4.90 Å². The lowest BCUT2D eigenvalue weighted by Gasteiger charge is -2.32. The molecule has 0 bridgehead atoms. The van der Waals surface area contributed by atoms with Crippen LogP contribution in [0.2, 0.25) is 0 Å². The summed E-state index contributed by atoms with van der Waals surface area (Å²) in [4.78, 5) is 22.8. The summed E-state index contributed by atoms with van der Waals surface area (Å²) in [6, 6.07) is 0. The van der Waals surface area contributed by atoms with E-state index in [1.807, 2.05) is 0 Å². The van der Waals surface area contributed by atoms with E-state index in [4.69, 9.17) is 0 Å². The Morgan fingerprint density at radius 3 is 3.00 bits per heavy atom. The highest BCUT2D eigenvalue weighted by atomic mass is 32.2. The van der Waals surface area contributed by atoms with Crippen LogP contribution in [-0.2, 0) is 9.59 Å². The van der Waals surface area contributed by atoms with Crippen molar-refractivity contribution < 1.29 is 9.59 Å². The maximum atomic E-state index is 10.8. The van der Waals surface area contributed by atoms with Crippen molar-refractivity contribution in [1.29, 1.82) is 0 Å². The fourth-order valence-electron chi connectivity index (χ4n) is 1.28. The molecule has 0 aliphatic carbocycles. The lowest BCUT2D eigenvalue weighted by molar-refractivity contribution is -0.140. The second-order valence-electron chi connectivity index (χ2n) is 2.52. The zero-order chi connectivity index (χ0) is 7.14. The second kappa shape index (κ2) is 1.99. The van der Waals surface area contributed by atoms with Gasteiger partial charge in [-0.3, -0.25) is 4.79 Å². The maximum Gasteiger partial charge on any atom is 0.226 e. The van der Waals surface area contributed by atoms with Gasteiger partial charge in [-0.2, -0.15) is 0 Å². The summed E-state index contributed by atoms with van der Waals surface area (Å²) >= 11 is 1.60. The quantitative estimate of drug-likeness (QED) is 0.392. The van der Waals surface area contributed by atoms with Crippen LogP contribution in [0.15, 0.2) is 0 Å². The second-order valence-corrected chi connectivity index (χ2v) is 3.94. The molecule has 2 fully saturated rings. The first kappa shape index (κ1) is 6.22. The van der Waals surface area contributed by atoms with Crippen LogP contribution in [0.25, 0.3) is 0 Å². The van der Waals surface area contributed by atoms with Crippen LogP contribution in [0, 0.1) is 0 Å². The van der Waals surface area contributed by atoms with Gasteiger partial charge >= 0.3 is 0 Å². The first-order valence-electron chi connectivity index (χ1n) is 3.21. The number of thioether (sulfide) groups is 1. The van der Waals surface area contributed by atoms with Crippen molar-refractivity contribution in [2.24, 2.45) is 0 Å². The summed E-state index contributed by atoms with van der Waals surface area (Å²) in [6.45, 7) is 0.637. The third kappa shape index (κ3) is 0.683. The molecule has 10 heavy (non-hydrogen) atoms. The van der Waals surface area contributed by atoms with Gasteiger partial charge in [-0.15, -0.1) is 11.8 Å². The Morgan fingerprint density at radius 1 is 1.70 bits per heavy atom. The molecule has 2 aliphatic heterocycles. The Bertz CT molecular complexity index is 194. The number of hydrogen-bond acceptors (Lipinski definition) is 3. The summed E-state index contributed by atoms with van der Waals surface area (Å²) < 4.78 is 0. The van der Waals surface area contributed by atoms with Gasteiger partial charge in [-0.25, -0.2) is 0 Å². The van der Waals surface area contributed by atoms with Crippen molar-refractivity contribution in [3.05, 3.63) is 0 Å². The molecule has 0 N–H and O–H groups in total. The molecule has 2 aliphatic rings. The Kier molecular flexibility index (Phi) is 1.23. The molecule has 1 amide bonds. The molecule has 4 heteroatoms. The largest absolute Gasteiger partial charge is 0.329 e. The van der Waals surface area contributed by atoms with Crippen molar-refractivity contribution >= 4 is 24.0 Å². The van der Waals surface area contributed by atoms with Crippen molar-refractivity contribution in [3.8, 4) is 0 Å². The molecule has 2 atom stereocenters. The van der Waals surface area contributed by atoms with E-state index < -0.39 is 0 Å². The molecular formula is C6H7NO2S. The molecule has 54 valence electrons. The molecule has 1 unspecified atom stereocenters. The van der Waals surface area contributed by atoms with Gasteiger partial charge in [0.15, 0.2) is 0 Å². The Labute approximate surface area is 62.8 Å². The summed E-state index contributed by atoms with van der Waals surface area (Å²) in [5.74, 6) is 0.196. The van der Waals surface area contributed by atoms with E-state index in [-0.39, 0.29) is 11.2 Å². The number of amides is 1. The lowest BCUT2D eigenvalue weighted by atomic mass is 10.2. The third-order valence-corrected chi connectivity index (χ3v) is 3.22. The van der Waals surface area contributed by atoms with Gasteiger partial charge < -0.3 is 9.69 Å². The minimum Gasteiger partial charge on any atom is -0.329 e. The summed E-state index contributed by atoms with van der Waals surface area (Å²) in [5, 5.41) is 0.360. The van der Waals surface area contributed by atoms with Gasteiger partial charge in [0.1, 0.15) is 6.29 Å². The van der Waals surface area contributed by atoms with Crippen molar-refractivity contribution in [2.45, 2.75) is 17.0 Å². The summed E-state index contributed by atoms with van der Waals surface area (Å²) in [5.41, 5.74) is 0. The molecule has 3 nitrogen and oxygen atoms in total. The molecule has 0 spiro atoms. The minimum absolute atomic E-state index is 0.0384. The first-order valence-corrected chi connectivity index (χ1v) is 4.16.